The van der Waals surface area contributed by atoms with E-state index in [-0.39, 0.29) is 5.91 Å². The Labute approximate surface area is 117 Å². The van der Waals surface area contributed by atoms with Crippen molar-refractivity contribution >= 4 is 5.91 Å². The Morgan fingerprint density at radius 1 is 1.26 bits per heavy atom. The van der Waals surface area contributed by atoms with Crippen molar-refractivity contribution < 1.29 is 4.79 Å². The number of likely N-dealkylation sites (N-methyl/N-ethyl adjacent to an activating group) is 1. The number of hydrogen-bond acceptors (Lipinski definition) is 3. The summed E-state index contributed by atoms with van der Waals surface area (Å²) in [6, 6.07) is 0.937. The number of hydrogen-bond donors (Lipinski definition) is 2. The van der Waals surface area contributed by atoms with Crippen LogP contribution in [-0.4, -0.2) is 49.6 Å². The number of amides is 1. The Kier molecular flexibility index (Phi) is 5.64. The van der Waals surface area contributed by atoms with Crippen LogP contribution in [0, 0.1) is 5.92 Å². The molecule has 1 heterocycles. The molecule has 1 saturated carbocycles. The van der Waals surface area contributed by atoms with Crippen molar-refractivity contribution in [3.8, 4) is 0 Å². The predicted octanol–water partition coefficient (Wildman–Crippen LogP) is 1.37. The molecule has 2 fully saturated rings. The minimum Gasteiger partial charge on any atom is -0.352 e. The maximum Gasteiger partial charge on any atom is 0.234 e. The van der Waals surface area contributed by atoms with Crippen LogP contribution in [0.25, 0.3) is 0 Å². The average Bonchev–Trinajstić information content (AvgIpc) is 2.42. The van der Waals surface area contributed by atoms with Gasteiger partial charge in [-0.15, -0.1) is 0 Å². The van der Waals surface area contributed by atoms with E-state index in [1.807, 2.05) is 0 Å². The first-order chi connectivity index (χ1) is 9.15. The van der Waals surface area contributed by atoms with E-state index in [1.165, 1.54) is 25.7 Å². The average molecular weight is 267 g/mol. The molecule has 2 rings (SSSR count). The van der Waals surface area contributed by atoms with Crippen molar-refractivity contribution in [2.24, 2.45) is 5.92 Å². The third-order valence-corrected chi connectivity index (χ3v) is 4.67. The molecule has 0 aromatic carbocycles. The molecule has 1 saturated heterocycles. The second-order valence-electron chi connectivity index (χ2n) is 6.44. The van der Waals surface area contributed by atoms with Gasteiger partial charge in [0.15, 0.2) is 0 Å². The summed E-state index contributed by atoms with van der Waals surface area (Å²) >= 11 is 0. The Morgan fingerprint density at radius 3 is 2.63 bits per heavy atom. The minimum atomic E-state index is 0.202. The summed E-state index contributed by atoms with van der Waals surface area (Å²) in [6.45, 7) is 4.99. The molecule has 1 amide bonds. The minimum absolute atomic E-state index is 0.202. The maximum atomic E-state index is 12.1. The van der Waals surface area contributed by atoms with Crippen LogP contribution in [0.3, 0.4) is 0 Å². The zero-order chi connectivity index (χ0) is 13.7. The number of rotatable bonds is 4. The molecule has 0 aromatic rings. The first-order valence-electron chi connectivity index (χ1n) is 7.85. The highest BCUT2D eigenvalue weighted by Gasteiger charge is 2.22. The fraction of sp³-hybridized carbons (Fsp3) is 0.933. The lowest BCUT2D eigenvalue weighted by atomic mass is 9.87. The molecule has 0 bridgehead atoms. The van der Waals surface area contributed by atoms with Crippen LogP contribution in [0.1, 0.15) is 45.4 Å². The van der Waals surface area contributed by atoms with Gasteiger partial charge in [0, 0.05) is 18.6 Å². The van der Waals surface area contributed by atoms with Gasteiger partial charge >= 0.3 is 0 Å². The quantitative estimate of drug-likeness (QED) is 0.808. The number of piperidine rings is 1. The second-order valence-corrected chi connectivity index (χ2v) is 6.44. The van der Waals surface area contributed by atoms with Gasteiger partial charge < -0.3 is 10.6 Å². The SMILES string of the molecule is CC1CCC(NC(=O)CN(C)C2CCCNC2)CC1. The highest BCUT2D eigenvalue weighted by molar-refractivity contribution is 5.78. The van der Waals surface area contributed by atoms with E-state index in [0.29, 0.717) is 18.6 Å². The van der Waals surface area contributed by atoms with Crippen molar-refractivity contribution in [2.75, 3.05) is 26.7 Å². The number of carbonyl (C=O) groups excluding carboxylic acids is 1. The molecule has 4 nitrogen and oxygen atoms in total. The first-order valence-corrected chi connectivity index (χ1v) is 7.85. The zero-order valence-electron chi connectivity index (χ0n) is 12.5. The van der Waals surface area contributed by atoms with E-state index in [1.54, 1.807) is 0 Å². The van der Waals surface area contributed by atoms with Crippen molar-refractivity contribution in [2.45, 2.75) is 57.5 Å². The van der Waals surface area contributed by atoms with Gasteiger partial charge in [-0.2, -0.15) is 0 Å². The van der Waals surface area contributed by atoms with E-state index in [9.17, 15) is 4.79 Å². The lowest BCUT2D eigenvalue weighted by Crippen LogP contribution is -2.49. The smallest absolute Gasteiger partial charge is 0.234 e. The van der Waals surface area contributed by atoms with Crippen LogP contribution < -0.4 is 10.6 Å². The monoisotopic (exact) mass is 267 g/mol. The van der Waals surface area contributed by atoms with Crippen LogP contribution in [0.15, 0.2) is 0 Å². The molecule has 19 heavy (non-hydrogen) atoms. The van der Waals surface area contributed by atoms with Crippen LogP contribution >= 0.6 is 0 Å². The summed E-state index contributed by atoms with van der Waals surface area (Å²) in [5.74, 6) is 1.04. The number of nitrogens with one attached hydrogen (secondary N) is 2. The summed E-state index contributed by atoms with van der Waals surface area (Å²) < 4.78 is 0. The van der Waals surface area contributed by atoms with Crippen molar-refractivity contribution in [3.63, 3.8) is 0 Å². The largest absolute Gasteiger partial charge is 0.352 e. The molecule has 1 unspecified atom stereocenters. The third-order valence-electron chi connectivity index (χ3n) is 4.67. The molecule has 2 N–H and O–H groups in total. The van der Waals surface area contributed by atoms with Crippen LogP contribution in [0.5, 0.6) is 0 Å². The first kappa shape index (κ1) is 14.8. The van der Waals surface area contributed by atoms with Crippen molar-refractivity contribution in [3.05, 3.63) is 0 Å². The van der Waals surface area contributed by atoms with Gasteiger partial charge in [0.1, 0.15) is 0 Å². The molecule has 2 aliphatic rings. The molecule has 0 spiro atoms. The fourth-order valence-corrected chi connectivity index (χ4v) is 3.24. The van der Waals surface area contributed by atoms with E-state index < -0.39 is 0 Å². The van der Waals surface area contributed by atoms with Crippen molar-refractivity contribution in [1.82, 2.24) is 15.5 Å². The molecular formula is C15H29N3O. The molecule has 4 heteroatoms. The topological polar surface area (TPSA) is 44.4 Å². The predicted molar refractivity (Wildman–Crippen MR) is 78.1 cm³/mol. The van der Waals surface area contributed by atoms with E-state index in [2.05, 4.69) is 29.5 Å². The Bertz CT molecular complexity index is 281. The number of carbonyl (C=O) groups is 1. The summed E-state index contributed by atoms with van der Waals surface area (Å²) in [4.78, 5) is 14.3. The normalized spacial score (nSPS) is 32.3. The Hall–Kier alpha value is -0.610. The Morgan fingerprint density at radius 2 is 2.00 bits per heavy atom. The molecule has 0 radical (unpaired) electrons. The molecule has 110 valence electrons. The van der Waals surface area contributed by atoms with Gasteiger partial charge in [-0.05, 0) is 58.0 Å². The summed E-state index contributed by atoms with van der Waals surface area (Å²) in [5.41, 5.74) is 0. The molecular weight excluding hydrogens is 238 g/mol. The summed E-state index contributed by atoms with van der Waals surface area (Å²) in [6.07, 6.45) is 7.25. The van der Waals surface area contributed by atoms with Crippen molar-refractivity contribution in [1.29, 1.82) is 0 Å². The number of nitrogens with zero attached hydrogens (tertiary/aromatic N) is 1. The summed E-state index contributed by atoms with van der Waals surface area (Å²) in [7, 11) is 2.07. The van der Waals surface area contributed by atoms with E-state index in [0.717, 1.165) is 31.8 Å². The van der Waals surface area contributed by atoms with Crippen LogP contribution in [0.4, 0.5) is 0 Å². The zero-order valence-corrected chi connectivity index (χ0v) is 12.5. The Balaban J connectivity index is 1.68. The van der Waals surface area contributed by atoms with Gasteiger partial charge in [0.25, 0.3) is 0 Å². The second kappa shape index (κ2) is 7.25. The highest BCUT2D eigenvalue weighted by atomic mass is 16.2. The van der Waals surface area contributed by atoms with E-state index in [4.69, 9.17) is 0 Å². The highest BCUT2D eigenvalue weighted by Crippen LogP contribution is 2.23. The molecule has 1 atom stereocenters. The van der Waals surface area contributed by atoms with E-state index >= 15 is 0 Å². The molecule has 1 aliphatic carbocycles. The van der Waals surface area contributed by atoms with Crippen LogP contribution in [0.2, 0.25) is 0 Å². The fourth-order valence-electron chi connectivity index (χ4n) is 3.24. The van der Waals surface area contributed by atoms with Gasteiger partial charge in [-0.1, -0.05) is 6.92 Å². The van der Waals surface area contributed by atoms with Gasteiger partial charge in [0.05, 0.1) is 6.54 Å². The lowest BCUT2D eigenvalue weighted by molar-refractivity contribution is -0.123. The maximum absolute atomic E-state index is 12.1. The molecule has 1 aliphatic heterocycles. The van der Waals surface area contributed by atoms with Gasteiger partial charge in [-0.3, -0.25) is 9.69 Å². The van der Waals surface area contributed by atoms with Gasteiger partial charge in [-0.25, -0.2) is 0 Å². The summed E-state index contributed by atoms with van der Waals surface area (Å²) in [5, 5.41) is 6.61. The van der Waals surface area contributed by atoms with Crippen LogP contribution in [-0.2, 0) is 4.79 Å². The lowest BCUT2D eigenvalue weighted by Gasteiger charge is -2.32. The third kappa shape index (κ3) is 4.77. The standard InChI is InChI=1S/C15H29N3O/c1-12-5-7-13(8-6-12)17-15(19)11-18(2)14-4-3-9-16-10-14/h12-14,16H,3-11H2,1-2H3,(H,17,19). The molecule has 0 aromatic heterocycles. The van der Waals surface area contributed by atoms with Gasteiger partial charge in [0.2, 0.25) is 5.91 Å².